The summed E-state index contributed by atoms with van der Waals surface area (Å²) in [5.74, 6) is 0. The molecule has 0 bridgehead atoms. The van der Waals surface area contributed by atoms with Crippen molar-refractivity contribution in [2.45, 2.75) is 13.5 Å². The van der Waals surface area contributed by atoms with E-state index in [0.29, 0.717) is 0 Å². The number of hydrogen-bond donors (Lipinski definition) is 0. The van der Waals surface area contributed by atoms with E-state index in [4.69, 9.17) is 16.6 Å². The maximum atomic E-state index is 5.99. The van der Waals surface area contributed by atoms with Crippen molar-refractivity contribution in [3.63, 3.8) is 0 Å². The molecule has 0 saturated heterocycles. The zero-order valence-electron chi connectivity index (χ0n) is 12.5. The van der Waals surface area contributed by atoms with Crippen LogP contribution in [0.1, 0.15) is 11.3 Å². The highest BCUT2D eigenvalue weighted by Gasteiger charge is 2.14. The quantitative estimate of drug-likeness (QED) is 0.728. The van der Waals surface area contributed by atoms with Crippen molar-refractivity contribution in [3.8, 4) is 11.3 Å². The van der Waals surface area contributed by atoms with Crippen LogP contribution in [0.4, 0.5) is 0 Å². The van der Waals surface area contributed by atoms with Gasteiger partial charge in [-0.3, -0.25) is 0 Å². The highest BCUT2D eigenvalue weighted by atomic mass is 35.5. The molecule has 0 unspecified atom stereocenters. The number of aryl methyl sites for hydroxylation is 1. The minimum absolute atomic E-state index is 0.743. The summed E-state index contributed by atoms with van der Waals surface area (Å²) in [7, 11) is 4.14. The number of rotatable bonds is 3. The van der Waals surface area contributed by atoms with E-state index in [1.54, 1.807) is 0 Å². The Kier molecular flexibility index (Phi) is 3.70. The second kappa shape index (κ2) is 5.51. The molecule has 108 valence electrons. The minimum Gasteiger partial charge on any atom is -0.304 e. The first-order valence-electron chi connectivity index (χ1n) is 6.93. The summed E-state index contributed by atoms with van der Waals surface area (Å²) < 4.78 is 2.16. The largest absolute Gasteiger partial charge is 0.304 e. The SMILES string of the molecule is Cc1ccn2c(CN(C)C)c(-c3ccc(Cl)cc3)nc2c1. The Labute approximate surface area is 129 Å². The number of aromatic nitrogens is 2. The Morgan fingerprint density at radius 3 is 2.52 bits per heavy atom. The molecule has 0 radical (unpaired) electrons. The van der Waals surface area contributed by atoms with Crippen LogP contribution >= 0.6 is 11.6 Å². The average molecular weight is 300 g/mol. The van der Waals surface area contributed by atoms with E-state index >= 15 is 0 Å². The monoisotopic (exact) mass is 299 g/mol. The predicted molar refractivity (Wildman–Crippen MR) is 87.8 cm³/mol. The lowest BCUT2D eigenvalue weighted by atomic mass is 10.1. The van der Waals surface area contributed by atoms with E-state index in [9.17, 15) is 0 Å². The molecule has 0 atom stereocenters. The van der Waals surface area contributed by atoms with E-state index in [0.717, 1.165) is 28.5 Å². The lowest BCUT2D eigenvalue weighted by Gasteiger charge is -2.11. The van der Waals surface area contributed by atoms with Crippen LogP contribution in [-0.2, 0) is 6.54 Å². The Morgan fingerprint density at radius 2 is 1.86 bits per heavy atom. The molecular weight excluding hydrogens is 282 g/mol. The third-order valence-corrected chi connectivity index (χ3v) is 3.72. The molecule has 0 spiro atoms. The molecule has 0 saturated carbocycles. The Morgan fingerprint density at radius 1 is 1.14 bits per heavy atom. The molecule has 0 fully saturated rings. The van der Waals surface area contributed by atoms with Gasteiger partial charge in [-0.1, -0.05) is 23.7 Å². The first-order valence-corrected chi connectivity index (χ1v) is 7.30. The summed E-state index contributed by atoms with van der Waals surface area (Å²) in [6.07, 6.45) is 2.09. The fourth-order valence-electron chi connectivity index (χ4n) is 2.49. The number of pyridine rings is 1. The number of imidazole rings is 1. The van der Waals surface area contributed by atoms with E-state index in [1.807, 2.05) is 24.3 Å². The second-order valence-corrected chi connectivity index (χ2v) is 6.02. The highest BCUT2D eigenvalue weighted by Crippen LogP contribution is 2.26. The van der Waals surface area contributed by atoms with Gasteiger partial charge in [-0.15, -0.1) is 0 Å². The smallest absolute Gasteiger partial charge is 0.137 e. The molecule has 21 heavy (non-hydrogen) atoms. The molecule has 2 heterocycles. The van der Waals surface area contributed by atoms with Gasteiger partial charge in [0.05, 0.1) is 11.4 Å². The van der Waals surface area contributed by atoms with Gasteiger partial charge in [-0.25, -0.2) is 4.98 Å². The zero-order valence-corrected chi connectivity index (χ0v) is 13.2. The van der Waals surface area contributed by atoms with Crippen LogP contribution in [0, 0.1) is 6.92 Å². The van der Waals surface area contributed by atoms with E-state index in [-0.39, 0.29) is 0 Å². The Balaban J connectivity index is 2.22. The third-order valence-electron chi connectivity index (χ3n) is 3.46. The Hall–Kier alpha value is -1.84. The van der Waals surface area contributed by atoms with Gasteiger partial charge in [0.15, 0.2) is 0 Å². The second-order valence-electron chi connectivity index (χ2n) is 5.58. The van der Waals surface area contributed by atoms with Crippen LogP contribution in [0.3, 0.4) is 0 Å². The molecule has 2 aromatic heterocycles. The lowest BCUT2D eigenvalue weighted by Crippen LogP contribution is -2.13. The van der Waals surface area contributed by atoms with Crippen LogP contribution in [-0.4, -0.2) is 28.4 Å². The van der Waals surface area contributed by atoms with Crippen molar-refractivity contribution >= 4 is 17.2 Å². The van der Waals surface area contributed by atoms with Crippen molar-refractivity contribution < 1.29 is 0 Å². The van der Waals surface area contributed by atoms with Gasteiger partial charge in [0.2, 0.25) is 0 Å². The van der Waals surface area contributed by atoms with E-state index < -0.39 is 0 Å². The van der Waals surface area contributed by atoms with Crippen LogP contribution in [0.25, 0.3) is 16.9 Å². The average Bonchev–Trinajstić information content (AvgIpc) is 2.77. The van der Waals surface area contributed by atoms with Gasteiger partial charge in [-0.2, -0.15) is 0 Å². The third kappa shape index (κ3) is 2.80. The van der Waals surface area contributed by atoms with Crippen LogP contribution < -0.4 is 0 Å². The molecule has 1 aromatic carbocycles. The molecular formula is C17H18ClN3. The lowest BCUT2D eigenvalue weighted by molar-refractivity contribution is 0.396. The van der Waals surface area contributed by atoms with Gasteiger partial charge in [0.25, 0.3) is 0 Å². The molecule has 4 heteroatoms. The van der Waals surface area contributed by atoms with Crippen LogP contribution in [0.15, 0.2) is 42.6 Å². The summed E-state index contributed by atoms with van der Waals surface area (Å²) in [4.78, 5) is 6.98. The number of nitrogens with zero attached hydrogens (tertiary/aromatic N) is 3. The van der Waals surface area contributed by atoms with Crippen molar-refractivity contribution in [1.29, 1.82) is 0 Å². The standard InChI is InChI=1S/C17H18ClN3/c1-12-8-9-21-15(11-20(2)3)17(19-16(21)10-12)13-4-6-14(18)7-5-13/h4-10H,11H2,1-3H3. The van der Waals surface area contributed by atoms with E-state index in [1.165, 1.54) is 11.3 Å². The summed E-state index contributed by atoms with van der Waals surface area (Å²) in [6.45, 7) is 2.92. The van der Waals surface area contributed by atoms with E-state index in [2.05, 4.69) is 48.6 Å². The van der Waals surface area contributed by atoms with Crippen molar-refractivity contribution in [2.75, 3.05) is 14.1 Å². The van der Waals surface area contributed by atoms with Crippen molar-refractivity contribution in [3.05, 3.63) is 58.9 Å². The highest BCUT2D eigenvalue weighted by molar-refractivity contribution is 6.30. The van der Waals surface area contributed by atoms with Gasteiger partial charge < -0.3 is 9.30 Å². The fourth-order valence-corrected chi connectivity index (χ4v) is 2.61. The molecule has 0 N–H and O–H groups in total. The molecule has 3 nitrogen and oxygen atoms in total. The molecule has 0 aliphatic rings. The van der Waals surface area contributed by atoms with Crippen LogP contribution in [0.5, 0.6) is 0 Å². The molecule has 3 rings (SSSR count). The van der Waals surface area contributed by atoms with Gasteiger partial charge in [0.1, 0.15) is 5.65 Å². The van der Waals surface area contributed by atoms with Crippen molar-refractivity contribution in [1.82, 2.24) is 14.3 Å². The Bertz CT molecular complexity index is 773. The number of halogens is 1. The molecule has 0 amide bonds. The molecule has 3 aromatic rings. The normalized spacial score (nSPS) is 11.5. The maximum absolute atomic E-state index is 5.99. The maximum Gasteiger partial charge on any atom is 0.137 e. The topological polar surface area (TPSA) is 20.5 Å². The summed E-state index contributed by atoms with van der Waals surface area (Å²) >= 11 is 5.99. The number of benzene rings is 1. The minimum atomic E-state index is 0.743. The summed E-state index contributed by atoms with van der Waals surface area (Å²) in [5, 5.41) is 0.743. The van der Waals surface area contributed by atoms with Gasteiger partial charge in [-0.05, 0) is 50.8 Å². The van der Waals surface area contributed by atoms with Gasteiger partial charge >= 0.3 is 0 Å². The van der Waals surface area contributed by atoms with Crippen molar-refractivity contribution in [2.24, 2.45) is 0 Å². The number of hydrogen-bond acceptors (Lipinski definition) is 2. The zero-order chi connectivity index (χ0) is 15.0. The predicted octanol–water partition coefficient (Wildman–Crippen LogP) is 4.02. The number of fused-ring (bicyclic) bond motifs is 1. The first-order chi connectivity index (χ1) is 10.0. The first kappa shape index (κ1) is 14.1. The summed E-state index contributed by atoms with van der Waals surface area (Å²) in [6, 6.07) is 12.1. The fraction of sp³-hybridized carbons (Fsp3) is 0.235. The summed E-state index contributed by atoms with van der Waals surface area (Å²) in [5.41, 5.74) is 5.50. The molecule has 0 aliphatic carbocycles. The van der Waals surface area contributed by atoms with Crippen LogP contribution in [0.2, 0.25) is 5.02 Å². The molecule has 0 aliphatic heterocycles. The van der Waals surface area contributed by atoms with Gasteiger partial charge in [0, 0.05) is 23.3 Å².